The summed E-state index contributed by atoms with van der Waals surface area (Å²) in [6, 6.07) is 6.56. The summed E-state index contributed by atoms with van der Waals surface area (Å²) in [5, 5.41) is 6.21. The average Bonchev–Trinajstić information content (AvgIpc) is 2.50. The van der Waals surface area contributed by atoms with Crippen molar-refractivity contribution in [3.05, 3.63) is 29.3 Å². The second-order valence-electron chi connectivity index (χ2n) is 6.08. The van der Waals surface area contributed by atoms with Crippen LogP contribution in [0.3, 0.4) is 0 Å². The molecule has 116 valence electrons. The molecule has 2 rings (SSSR count). The Labute approximate surface area is 127 Å². The third-order valence-electron chi connectivity index (χ3n) is 3.86. The number of aryl methyl sites for hydroxylation is 1. The molecule has 0 heterocycles. The summed E-state index contributed by atoms with van der Waals surface area (Å²) < 4.78 is 5.62. The Morgan fingerprint density at radius 3 is 2.95 bits per heavy atom. The fraction of sp³-hybridized carbons (Fsp3) is 0.588. The van der Waals surface area contributed by atoms with Crippen molar-refractivity contribution < 1.29 is 9.53 Å². The van der Waals surface area contributed by atoms with Crippen molar-refractivity contribution in [3.8, 4) is 5.75 Å². The summed E-state index contributed by atoms with van der Waals surface area (Å²) in [7, 11) is 1.99. The SMILES string of the molecule is CNC1CCCc2ccc(OCC(=O)NCC(C)C)cc21. The van der Waals surface area contributed by atoms with Gasteiger partial charge >= 0.3 is 0 Å². The lowest BCUT2D eigenvalue weighted by molar-refractivity contribution is -0.123. The van der Waals surface area contributed by atoms with Gasteiger partial charge in [-0.2, -0.15) is 0 Å². The van der Waals surface area contributed by atoms with E-state index in [9.17, 15) is 4.79 Å². The monoisotopic (exact) mass is 290 g/mol. The highest BCUT2D eigenvalue weighted by atomic mass is 16.5. The first-order valence-electron chi connectivity index (χ1n) is 7.79. The van der Waals surface area contributed by atoms with Crippen LogP contribution in [0.5, 0.6) is 5.75 Å². The van der Waals surface area contributed by atoms with Crippen molar-refractivity contribution in [3.63, 3.8) is 0 Å². The lowest BCUT2D eigenvalue weighted by Gasteiger charge is -2.25. The minimum absolute atomic E-state index is 0.0633. The number of benzene rings is 1. The first kappa shape index (κ1) is 15.8. The molecule has 1 aliphatic rings. The highest BCUT2D eigenvalue weighted by molar-refractivity contribution is 5.77. The minimum Gasteiger partial charge on any atom is -0.484 e. The van der Waals surface area contributed by atoms with Crippen molar-refractivity contribution in [1.82, 2.24) is 10.6 Å². The van der Waals surface area contributed by atoms with Crippen molar-refractivity contribution >= 4 is 5.91 Å². The van der Waals surface area contributed by atoms with Gasteiger partial charge in [0.05, 0.1) is 0 Å². The third-order valence-corrected chi connectivity index (χ3v) is 3.86. The Hall–Kier alpha value is -1.55. The van der Waals surface area contributed by atoms with E-state index >= 15 is 0 Å². The van der Waals surface area contributed by atoms with Crippen molar-refractivity contribution in [2.24, 2.45) is 5.92 Å². The molecule has 0 bridgehead atoms. The van der Waals surface area contributed by atoms with E-state index in [1.165, 1.54) is 17.5 Å². The minimum atomic E-state index is -0.0633. The molecule has 1 aliphatic carbocycles. The number of carbonyl (C=O) groups is 1. The Bertz CT molecular complexity index is 486. The van der Waals surface area contributed by atoms with Crippen LogP contribution in [-0.4, -0.2) is 26.1 Å². The zero-order valence-electron chi connectivity index (χ0n) is 13.2. The number of hydrogen-bond acceptors (Lipinski definition) is 3. The summed E-state index contributed by atoms with van der Waals surface area (Å²) in [4.78, 5) is 11.7. The van der Waals surface area contributed by atoms with Gasteiger partial charge in [0.2, 0.25) is 0 Å². The van der Waals surface area contributed by atoms with Crippen LogP contribution in [0.25, 0.3) is 0 Å². The molecule has 21 heavy (non-hydrogen) atoms. The molecule has 2 N–H and O–H groups in total. The number of hydrogen-bond donors (Lipinski definition) is 2. The molecule has 1 unspecified atom stereocenters. The summed E-state index contributed by atoms with van der Waals surface area (Å²) in [6.45, 7) is 4.91. The van der Waals surface area contributed by atoms with Crippen LogP contribution in [0.4, 0.5) is 0 Å². The highest BCUT2D eigenvalue weighted by Gasteiger charge is 2.19. The van der Waals surface area contributed by atoms with Crippen molar-refractivity contribution in [2.75, 3.05) is 20.2 Å². The fourth-order valence-corrected chi connectivity index (χ4v) is 2.68. The summed E-state index contributed by atoms with van der Waals surface area (Å²) in [5.41, 5.74) is 2.70. The molecule has 0 aromatic heterocycles. The highest BCUT2D eigenvalue weighted by Crippen LogP contribution is 2.32. The second-order valence-corrected chi connectivity index (χ2v) is 6.08. The van der Waals surface area contributed by atoms with E-state index in [1.54, 1.807) is 0 Å². The summed E-state index contributed by atoms with van der Waals surface area (Å²) in [5.74, 6) is 1.16. The van der Waals surface area contributed by atoms with Crippen LogP contribution in [-0.2, 0) is 11.2 Å². The lowest BCUT2D eigenvalue weighted by Crippen LogP contribution is -2.31. The van der Waals surface area contributed by atoms with E-state index in [0.29, 0.717) is 18.5 Å². The van der Waals surface area contributed by atoms with E-state index in [4.69, 9.17) is 4.74 Å². The number of carbonyl (C=O) groups excluding carboxylic acids is 1. The van der Waals surface area contributed by atoms with Gasteiger partial charge in [0, 0.05) is 12.6 Å². The van der Waals surface area contributed by atoms with Crippen LogP contribution >= 0.6 is 0 Å². The van der Waals surface area contributed by atoms with Gasteiger partial charge in [-0.15, -0.1) is 0 Å². The molecule has 4 heteroatoms. The number of ether oxygens (including phenoxy) is 1. The number of amides is 1. The van der Waals surface area contributed by atoms with Crippen LogP contribution in [0.1, 0.15) is 43.9 Å². The van der Waals surface area contributed by atoms with Gasteiger partial charge in [0.15, 0.2) is 6.61 Å². The molecule has 0 saturated carbocycles. The Morgan fingerprint density at radius 2 is 2.24 bits per heavy atom. The fourth-order valence-electron chi connectivity index (χ4n) is 2.68. The van der Waals surface area contributed by atoms with Gasteiger partial charge in [0.1, 0.15) is 5.75 Å². The van der Waals surface area contributed by atoms with Gasteiger partial charge in [0.25, 0.3) is 5.91 Å². The van der Waals surface area contributed by atoms with Crippen LogP contribution in [0.2, 0.25) is 0 Å². The van der Waals surface area contributed by atoms with E-state index in [-0.39, 0.29) is 12.5 Å². The predicted molar refractivity (Wildman–Crippen MR) is 84.5 cm³/mol. The number of rotatable bonds is 6. The van der Waals surface area contributed by atoms with Gasteiger partial charge in [-0.1, -0.05) is 19.9 Å². The molecule has 0 saturated heterocycles. The molecule has 0 spiro atoms. The molecule has 0 aliphatic heterocycles. The topological polar surface area (TPSA) is 50.4 Å². The molecule has 1 atom stereocenters. The van der Waals surface area contributed by atoms with Gasteiger partial charge < -0.3 is 15.4 Å². The normalized spacial score (nSPS) is 17.4. The molecule has 1 aromatic rings. The van der Waals surface area contributed by atoms with Crippen LogP contribution in [0, 0.1) is 5.92 Å². The first-order chi connectivity index (χ1) is 10.1. The maximum atomic E-state index is 11.7. The summed E-state index contributed by atoms with van der Waals surface area (Å²) in [6.07, 6.45) is 3.50. The third kappa shape index (κ3) is 4.46. The maximum Gasteiger partial charge on any atom is 0.257 e. The van der Waals surface area contributed by atoms with Gasteiger partial charge in [-0.25, -0.2) is 0 Å². The average molecular weight is 290 g/mol. The molecular formula is C17H26N2O2. The van der Waals surface area contributed by atoms with Crippen LogP contribution < -0.4 is 15.4 Å². The van der Waals surface area contributed by atoms with E-state index in [1.807, 2.05) is 13.1 Å². The molecular weight excluding hydrogens is 264 g/mol. The predicted octanol–water partition coefficient (Wildman–Crippen LogP) is 2.43. The smallest absolute Gasteiger partial charge is 0.257 e. The molecule has 1 aromatic carbocycles. The van der Waals surface area contributed by atoms with Gasteiger partial charge in [-0.05, 0) is 55.5 Å². The first-order valence-corrected chi connectivity index (χ1v) is 7.79. The Morgan fingerprint density at radius 1 is 1.43 bits per heavy atom. The zero-order chi connectivity index (χ0) is 15.2. The van der Waals surface area contributed by atoms with Crippen LogP contribution in [0.15, 0.2) is 18.2 Å². The second kappa shape index (κ2) is 7.46. The number of fused-ring (bicyclic) bond motifs is 1. The summed E-state index contributed by atoms with van der Waals surface area (Å²) >= 11 is 0. The zero-order valence-corrected chi connectivity index (χ0v) is 13.2. The van der Waals surface area contributed by atoms with Gasteiger partial charge in [-0.3, -0.25) is 4.79 Å². The van der Waals surface area contributed by atoms with Crippen molar-refractivity contribution in [1.29, 1.82) is 0 Å². The Kier molecular flexibility index (Phi) is 5.62. The maximum absolute atomic E-state index is 11.7. The van der Waals surface area contributed by atoms with E-state index in [2.05, 4.69) is 36.6 Å². The standard InChI is InChI=1S/C17H26N2O2/c1-12(2)10-19-17(20)11-21-14-8-7-13-5-4-6-16(18-3)15(13)9-14/h7-9,12,16,18H,4-6,10-11H2,1-3H3,(H,19,20). The molecule has 0 radical (unpaired) electrons. The van der Waals surface area contributed by atoms with E-state index < -0.39 is 0 Å². The lowest BCUT2D eigenvalue weighted by atomic mass is 9.87. The molecule has 4 nitrogen and oxygen atoms in total. The number of nitrogens with one attached hydrogen (secondary N) is 2. The Balaban J connectivity index is 1.94. The van der Waals surface area contributed by atoms with E-state index in [0.717, 1.165) is 18.6 Å². The molecule has 1 amide bonds. The quantitative estimate of drug-likeness (QED) is 0.846. The largest absolute Gasteiger partial charge is 0.484 e. The molecule has 0 fully saturated rings. The van der Waals surface area contributed by atoms with Crippen molar-refractivity contribution in [2.45, 2.75) is 39.2 Å².